The van der Waals surface area contributed by atoms with Crippen LogP contribution in [0.3, 0.4) is 0 Å². The van der Waals surface area contributed by atoms with Crippen LogP contribution in [0.2, 0.25) is 0 Å². The van der Waals surface area contributed by atoms with E-state index in [9.17, 15) is 9.18 Å². The van der Waals surface area contributed by atoms with Gasteiger partial charge in [0.05, 0.1) is 5.69 Å². The zero-order chi connectivity index (χ0) is 12.6. The molecule has 1 aliphatic carbocycles. The lowest BCUT2D eigenvalue weighted by Gasteiger charge is -2.10. The normalized spacial score (nSPS) is 22.0. The second-order valence-electron chi connectivity index (χ2n) is 4.36. The minimum absolute atomic E-state index is 0.0541. The standard InChI is InChI=1S/C12H13FN2OS/c1-6-4-8(6)12(16)15-10-3-2-7(13)5-9(10)11(14)17/h2-3,5-6,8H,4H2,1H3,(H2,14,17)(H,15,16). The number of amides is 1. The van der Waals surface area contributed by atoms with Gasteiger partial charge < -0.3 is 11.1 Å². The molecule has 2 unspecified atom stereocenters. The first kappa shape index (κ1) is 12.0. The minimum Gasteiger partial charge on any atom is -0.389 e. The quantitative estimate of drug-likeness (QED) is 0.810. The second kappa shape index (κ2) is 4.41. The van der Waals surface area contributed by atoms with Gasteiger partial charge in [-0.1, -0.05) is 19.1 Å². The number of hydrogen-bond donors (Lipinski definition) is 2. The molecule has 3 nitrogen and oxygen atoms in total. The highest BCUT2D eigenvalue weighted by atomic mass is 32.1. The van der Waals surface area contributed by atoms with Gasteiger partial charge in [-0.05, 0) is 30.5 Å². The first-order valence-electron chi connectivity index (χ1n) is 5.39. The molecule has 0 saturated heterocycles. The third kappa shape index (κ3) is 2.61. The van der Waals surface area contributed by atoms with E-state index in [1.165, 1.54) is 18.2 Å². The minimum atomic E-state index is -0.425. The summed E-state index contributed by atoms with van der Waals surface area (Å²) < 4.78 is 13.1. The largest absolute Gasteiger partial charge is 0.389 e. The topological polar surface area (TPSA) is 55.1 Å². The molecule has 1 aliphatic rings. The Kier molecular flexibility index (Phi) is 3.11. The number of anilines is 1. The Morgan fingerprint density at radius 2 is 2.24 bits per heavy atom. The zero-order valence-corrected chi connectivity index (χ0v) is 10.2. The number of carbonyl (C=O) groups excluding carboxylic acids is 1. The second-order valence-corrected chi connectivity index (χ2v) is 4.80. The fourth-order valence-corrected chi connectivity index (χ4v) is 1.91. The molecule has 0 heterocycles. The lowest BCUT2D eigenvalue weighted by molar-refractivity contribution is -0.117. The molecule has 0 bridgehead atoms. The van der Waals surface area contributed by atoms with Crippen LogP contribution in [0.25, 0.3) is 0 Å². The Morgan fingerprint density at radius 3 is 2.76 bits per heavy atom. The van der Waals surface area contributed by atoms with Gasteiger partial charge in [0, 0.05) is 11.5 Å². The van der Waals surface area contributed by atoms with Crippen molar-refractivity contribution in [3.63, 3.8) is 0 Å². The van der Waals surface area contributed by atoms with E-state index >= 15 is 0 Å². The Bertz CT molecular complexity index is 489. The zero-order valence-electron chi connectivity index (χ0n) is 9.37. The molecule has 17 heavy (non-hydrogen) atoms. The molecule has 0 aromatic heterocycles. The third-order valence-electron chi connectivity index (χ3n) is 2.95. The third-order valence-corrected chi connectivity index (χ3v) is 3.17. The summed E-state index contributed by atoms with van der Waals surface area (Å²) in [6, 6.07) is 3.98. The van der Waals surface area contributed by atoms with Gasteiger partial charge >= 0.3 is 0 Å². The van der Waals surface area contributed by atoms with Crippen LogP contribution in [0.15, 0.2) is 18.2 Å². The predicted molar refractivity (Wildman–Crippen MR) is 68.2 cm³/mol. The van der Waals surface area contributed by atoms with E-state index in [0.717, 1.165) is 6.42 Å². The molecule has 0 radical (unpaired) electrons. The van der Waals surface area contributed by atoms with E-state index in [0.29, 0.717) is 17.2 Å². The van der Waals surface area contributed by atoms with Crippen molar-refractivity contribution < 1.29 is 9.18 Å². The van der Waals surface area contributed by atoms with Crippen LogP contribution in [0, 0.1) is 17.7 Å². The number of benzene rings is 1. The van der Waals surface area contributed by atoms with E-state index in [2.05, 4.69) is 5.32 Å². The van der Waals surface area contributed by atoms with E-state index in [1.54, 1.807) is 0 Å². The maximum Gasteiger partial charge on any atom is 0.227 e. The molecule has 0 aliphatic heterocycles. The number of rotatable bonds is 3. The van der Waals surface area contributed by atoms with Crippen molar-refractivity contribution in [2.24, 2.45) is 17.6 Å². The van der Waals surface area contributed by atoms with Gasteiger partial charge in [0.1, 0.15) is 10.8 Å². The van der Waals surface area contributed by atoms with Gasteiger partial charge in [-0.3, -0.25) is 4.79 Å². The van der Waals surface area contributed by atoms with Gasteiger partial charge in [-0.25, -0.2) is 4.39 Å². The fraction of sp³-hybridized carbons (Fsp3) is 0.333. The SMILES string of the molecule is CC1CC1C(=O)Nc1ccc(F)cc1C(N)=S. The molecule has 2 rings (SSSR count). The fourth-order valence-electron chi connectivity index (χ4n) is 1.74. The number of hydrogen-bond acceptors (Lipinski definition) is 2. The maximum absolute atomic E-state index is 13.1. The van der Waals surface area contributed by atoms with Crippen LogP contribution in [-0.4, -0.2) is 10.9 Å². The molecular formula is C12H13FN2OS. The molecular weight excluding hydrogens is 239 g/mol. The predicted octanol–water partition coefficient (Wildman–Crippen LogP) is 2.05. The summed E-state index contributed by atoms with van der Waals surface area (Å²) in [6.07, 6.45) is 0.898. The maximum atomic E-state index is 13.1. The van der Waals surface area contributed by atoms with Gasteiger partial charge in [0.2, 0.25) is 5.91 Å². The van der Waals surface area contributed by atoms with Crippen molar-refractivity contribution in [2.75, 3.05) is 5.32 Å². The number of halogens is 1. The molecule has 1 fully saturated rings. The van der Waals surface area contributed by atoms with Crippen LogP contribution < -0.4 is 11.1 Å². The van der Waals surface area contributed by atoms with Crippen molar-refractivity contribution in [1.82, 2.24) is 0 Å². The van der Waals surface area contributed by atoms with E-state index in [4.69, 9.17) is 18.0 Å². The lowest BCUT2D eigenvalue weighted by Crippen LogP contribution is -2.19. The molecule has 1 amide bonds. The molecule has 1 aromatic carbocycles. The van der Waals surface area contributed by atoms with E-state index in [1.807, 2.05) is 6.92 Å². The van der Waals surface area contributed by atoms with Crippen LogP contribution >= 0.6 is 12.2 Å². The van der Waals surface area contributed by atoms with Crippen LogP contribution in [0.1, 0.15) is 18.9 Å². The molecule has 3 N–H and O–H groups in total. The summed E-state index contributed by atoms with van der Waals surface area (Å²) in [6.45, 7) is 2.02. The molecule has 90 valence electrons. The summed E-state index contributed by atoms with van der Waals surface area (Å²) in [5, 5.41) is 2.74. The van der Waals surface area contributed by atoms with Crippen LogP contribution in [-0.2, 0) is 4.79 Å². The van der Waals surface area contributed by atoms with E-state index in [-0.39, 0.29) is 16.8 Å². The van der Waals surface area contributed by atoms with Crippen molar-refractivity contribution in [2.45, 2.75) is 13.3 Å². The summed E-state index contributed by atoms with van der Waals surface area (Å²) in [4.78, 5) is 11.8. The number of carbonyl (C=O) groups is 1. The lowest BCUT2D eigenvalue weighted by atomic mass is 10.1. The smallest absolute Gasteiger partial charge is 0.227 e. The highest BCUT2D eigenvalue weighted by Crippen LogP contribution is 2.38. The van der Waals surface area contributed by atoms with Gasteiger partial charge in [0.15, 0.2) is 0 Å². The Balaban J connectivity index is 2.20. The Morgan fingerprint density at radius 1 is 1.59 bits per heavy atom. The molecule has 0 spiro atoms. The summed E-state index contributed by atoms with van der Waals surface area (Å²) in [5.74, 6) is -0.00447. The number of nitrogens with two attached hydrogens (primary N) is 1. The highest BCUT2D eigenvalue weighted by molar-refractivity contribution is 7.80. The molecule has 1 saturated carbocycles. The first-order chi connectivity index (χ1) is 7.99. The van der Waals surface area contributed by atoms with Crippen molar-refractivity contribution in [3.8, 4) is 0 Å². The van der Waals surface area contributed by atoms with Crippen molar-refractivity contribution in [1.29, 1.82) is 0 Å². The average molecular weight is 252 g/mol. The first-order valence-corrected chi connectivity index (χ1v) is 5.80. The molecule has 1 aromatic rings. The van der Waals surface area contributed by atoms with Crippen LogP contribution in [0.4, 0.5) is 10.1 Å². The van der Waals surface area contributed by atoms with Crippen molar-refractivity contribution >= 4 is 28.8 Å². The summed E-state index contributed by atoms with van der Waals surface area (Å²) >= 11 is 4.83. The highest BCUT2D eigenvalue weighted by Gasteiger charge is 2.39. The summed E-state index contributed by atoms with van der Waals surface area (Å²) in [7, 11) is 0. The van der Waals surface area contributed by atoms with Gasteiger partial charge in [0.25, 0.3) is 0 Å². The molecule has 5 heteroatoms. The molecule has 2 atom stereocenters. The average Bonchev–Trinajstić information content (AvgIpc) is 2.98. The van der Waals surface area contributed by atoms with Crippen molar-refractivity contribution in [3.05, 3.63) is 29.6 Å². The monoisotopic (exact) mass is 252 g/mol. The van der Waals surface area contributed by atoms with Gasteiger partial charge in [-0.2, -0.15) is 0 Å². The Hall–Kier alpha value is -1.49. The number of nitrogens with one attached hydrogen (secondary N) is 1. The summed E-state index contributed by atoms with van der Waals surface area (Å²) in [5.41, 5.74) is 6.33. The number of thiocarbonyl (C=S) groups is 1. The van der Waals surface area contributed by atoms with Gasteiger partial charge in [-0.15, -0.1) is 0 Å². The Labute approximate surface area is 104 Å². The van der Waals surface area contributed by atoms with Crippen LogP contribution in [0.5, 0.6) is 0 Å². The van der Waals surface area contributed by atoms with E-state index < -0.39 is 5.82 Å².